The van der Waals surface area contributed by atoms with Crippen LogP contribution in [-0.2, 0) is 22.6 Å². The number of hydrogen-bond donors (Lipinski definition) is 2. The maximum atomic E-state index is 12.4. The summed E-state index contributed by atoms with van der Waals surface area (Å²) in [6, 6.07) is 18.0. The molecule has 2 amide bonds. The van der Waals surface area contributed by atoms with E-state index in [0.717, 1.165) is 29.4 Å². The van der Waals surface area contributed by atoms with E-state index in [1.54, 1.807) is 0 Å². The summed E-state index contributed by atoms with van der Waals surface area (Å²) in [6.07, 6.45) is 3.72. The highest BCUT2D eigenvalue weighted by atomic mass is 16.2. The number of amides is 2. The molecule has 2 aromatic carbocycles. The molecule has 0 bridgehead atoms. The van der Waals surface area contributed by atoms with E-state index in [4.69, 9.17) is 0 Å². The lowest BCUT2D eigenvalue weighted by molar-refractivity contribution is -0.122. The molecule has 0 aliphatic heterocycles. The minimum absolute atomic E-state index is 0.0157. The third kappa shape index (κ3) is 4.97. The van der Waals surface area contributed by atoms with Crippen LogP contribution in [0.25, 0.3) is 10.9 Å². The fourth-order valence-electron chi connectivity index (χ4n) is 3.24. The quantitative estimate of drug-likeness (QED) is 0.672. The topological polar surface area (TPSA) is 63.1 Å². The molecule has 1 heterocycles. The molecule has 0 aliphatic carbocycles. The zero-order chi connectivity index (χ0) is 19.2. The minimum atomic E-state index is -0.111. The van der Waals surface area contributed by atoms with E-state index in [-0.39, 0.29) is 24.4 Å². The predicted octanol–water partition coefficient (Wildman–Crippen LogP) is 3.74. The van der Waals surface area contributed by atoms with Crippen LogP contribution in [0.5, 0.6) is 0 Å². The Morgan fingerprint density at radius 1 is 1.04 bits per heavy atom. The Morgan fingerprint density at radius 2 is 1.81 bits per heavy atom. The Balaban J connectivity index is 1.60. The summed E-state index contributed by atoms with van der Waals surface area (Å²) >= 11 is 0. The summed E-state index contributed by atoms with van der Waals surface area (Å²) < 4.78 is 1.90. The normalized spacial score (nSPS) is 11.9. The largest absolute Gasteiger partial charge is 0.352 e. The van der Waals surface area contributed by atoms with Gasteiger partial charge >= 0.3 is 0 Å². The van der Waals surface area contributed by atoms with Gasteiger partial charge in [0.05, 0.1) is 11.2 Å². The fourth-order valence-corrected chi connectivity index (χ4v) is 3.24. The number of hydrogen-bond acceptors (Lipinski definition) is 2. The van der Waals surface area contributed by atoms with Crippen LogP contribution in [0, 0.1) is 0 Å². The highest BCUT2D eigenvalue weighted by molar-refractivity contribution is 6.01. The van der Waals surface area contributed by atoms with Gasteiger partial charge in [-0.15, -0.1) is 0 Å². The van der Waals surface area contributed by atoms with E-state index in [1.807, 2.05) is 60.2 Å². The number of nitrogens with zero attached hydrogens (tertiary/aromatic N) is 1. The molecule has 5 heteroatoms. The Labute approximate surface area is 159 Å². The van der Waals surface area contributed by atoms with Gasteiger partial charge < -0.3 is 15.2 Å². The molecule has 0 spiro atoms. The van der Waals surface area contributed by atoms with Gasteiger partial charge in [-0.05, 0) is 43.5 Å². The van der Waals surface area contributed by atoms with Gasteiger partial charge in [-0.25, -0.2) is 0 Å². The molecule has 2 N–H and O–H groups in total. The highest BCUT2D eigenvalue weighted by Crippen LogP contribution is 2.24. The van der Waals surface area contributed by atoms with Crippen LogP contribution < -0.4 is 10.6 Å². The molecule has 27 heavy (non-hydrogen) atoms. The number of fused-ring (bicyclic) bond motifs is 1. The first kappa shape index (κ1) is 18.7. The van der Waals surface area contributed by atoms with Crippen molar-refractivity contribution in [2.75, 3.05) is 5.32 Å². The Kier molecular flexibility index (Phi) is 5.91. The molecule has 140 valence electrons. The van der Waals surface area contributed by atoms with Crippen molar-refractivity contribution in [2.24, 2.45) is 0 Å². The monoisotopic (exact) mass is 363 g/mol. The van der Waals surface area contributed by atoms with Crippen molar-refractivity contribution in [1.82, 2.24) is 9.88 Å². The number of rotatable bonds is 7. The number of carbonyl (C=O) groups is 2. The van der Waals surface area contributed by atoms with Crippen LogP contribution in [0.3, 0.4) is 0 Å². The molecule has 0 fully saturated rings. The third-order valence-electron chi connectivity index (χ3n) is 4.55. The smallest absolute Gasteiger partial charge is 0.240 e. The number of anilines is 1. The summed E-state index contributed by atoms with van der Waals surface area (Å²) in [5, 5.41) is 6.82. The number of aromatic nitrogens is 1. The van der Waals surface area contributed by atoms with Gasteiger partial charge in [-0.1, -0.05) is 36.4 Å². The molecule has 0 radical (unpaired) electrons. The second-order valence-electron chi connectivity index (χ2n) is 6.86. The SMILES string of the molecule is CC(=O)Nc1cccc2c1ccn2CC(=O)NC(C)CCc1ccccc1. The van der Waals surface area contributed by atoms with E-state index in [0.29, 0.717) is 0 Å². The summed E-state index contributed by atoms with van der Waals surface area (Å²) in [5.74, 6) is -0.127. The molecular weight excluding hydrogens is 338 g/mol. The lowest BCUT2D eigenvalue weighted by Crippen LogP contribution is -2.35. The average molecular weight is 363 g/mol. The van der Waals surface area contributed by atoms with Crippen molar-refractivity contribution in [1.29, 1.82) is 0 Å². The van der Waals surface area contributed by atoms with Gasteiger partial charge in [0, 0.05) is 24.5 Å². The first-order valence-electron chi connectivity index (χ1n) is 9.21. The minimum Gasteiger partial charge on any atom is -0.352 e. The van der Waals surface area contributed by atoms with Crippen LogP contribution in [0.1, 0.15) is 25.8 Å². The van der Waals surface area contributed by atoms with Crippen molar-refractivity contribution in [3.8, 4) is 0 Å². The van der Waals surface area contributed by atoms with Crippen LogP contribution in [0.4, 0.5) is 5.69 Å². The van der Waals surface area contributed by atoms with Crippen LogP contribution >= 0.6 is 0 Å². The fraction of sp³-hybridized carbons (Fsp3) is 0.273. The molecule has 0 saturated heterocycles. The Morgan fingerprint density at radius 3 is 2.56 bits per heavy atom. The predicted molar refractivity (Wildman–Crippen MR) is 109 cm³/mol. The zero-order valence-corrected chi connectivity index (χ0v) is 15.7. The van der Waals surface area contributed by atoms with Crippen molar-refractivity contribution in [3.05, 3.63) is 66.4 Å². The lowest BCUT2D eigenvalue weighted by atomic mass is 10.1. The van der Waals surface area contributed by atoms with Gasteiger partial charge in [0.1, 0.15) is 6.54 Å². The number of aryl methyl sites for hydroxylation is 1. The number of carbonyl (C=O) groups excluding carboxylic acids is 2. The molecular formula is C22H25N3O2. The first-order chi connectivity index (χ1) is 13.0. The Bertz CT molecular complexity index is 931. The van der Waals surface area contributed by atoms with Crippen molar-refractivity contribution < 1.29 is 9.59 Å². The van der Waals surface area contributed by atoms with Crippen LogP contribution in [0.15, 0.2) is 60.8 Å². The number of nitrogens with one attached hydrogen (secondary N) is 2. The standard InChI is InChI=1S/C22H25N3O2/c1-16(11-12-18-7-4-3-5-8-18)23-22(27)15-25-14-13-19-20(24-17(2)26)9-6-10-21(19)25/h3-10,13-14,16H,11-12,15H2,1-2H3,(H,23,27)(H,24,26). The van der Waals surface area contributed by atoms with Gasteiger partial charge in [-0.3, -0.25) is 9.59 Å². The highest BCUT2D eigenvalue weighted by Gasteiger charge is 2.11. The summed E-state index contributed by atoms with van der Waals surface area (Å²) in [7, 11) is 0. The van der Waals surface area contributed by atoms with Crippen molar-refractivity contribution in [3.63, 3.8) is 0 Å². The van der Waals surface area contributed by atoms with Gasteiger partial charge in [0.15, 0.2) is 0 Å². The molecule has 5 nitrogen and oxygen atoms in total. The van der Waals surface area contributed by atoms with Crippen molar-refractivity contribution in [2.45, 2.75) is 39.3 Å². The summed E-state index contributed by atoms with van der Waals surface area (Å²) in [6.45, 7) is 3.77. The van der Waals surface area contributed by atoms with Gasteiger partial charge in [0.25, 0.3) is 0 Å². The number of benzene rings is 2. The van der Waals surface area contributed by atoms with E-state index in [9.17, 15) is 9.59 Å². The molecule has 0 saturated carbocycles. The van der Waals surface area contributed by atoms with Crippen LogP contribution in [-0.4, -0.2) is 22.4 Å². The van der Waals surface area contributed by atoms with E-state index in [2.05, 4.69) is 22.8 Å². The molecule has 1 unspecified atom stereocenters. The molecule has 1 atom stereocenters. The van der Waals surface area contributed by atoms with Gasteiger partial charge in [0.2, 0.25) is 11.8 Å². The zero-order valence-electron chi connectivity index (χ0n) is 15.7. The molecule has 3 rings (SSSR count). The lowest BCUT2D eigenvalue weighted by Gasteiger charge is -2.15. The van der Waals surface area contributed by atoms with E-state index >= 15 is 0 Å². The summed E-state index contributed by atoms with van der Waals surface area (Å²) in [4.78, 5) is 23.8. The van der Waals surface area contributed by atoms with E-state index in [1.165, 1.54) is 12.5 Å². The third-order valence-corrected chi connectivity index (χ3v) is 4.55. The maximum absolute atomic E-state index is 12.4. The second-order valence-corrected chi connectivity index (χ2v) is 6.86. The Hall–Kier alpha value is -3.08. The maximum Gasteiger partial charge on any atom is 0.240 e. The van der Waals surface area contributed by atoms with Crippen LogP contribution in [0.2, 0.25) is 0 Å². The van der Waals surface area contributed by atoms with E-state index < -0.39 is 0 Å². The van der Waals surface area contributed by atoms with Gasteiger partial charge in [-0.2, -0.15) is 0 Å². The molecule has 1 aromatic heterocycles. The summed E-state index contributed by atoms with van der Waals surface area (Å²) in [5.41, 5.74) is 2.96. The molecule has 0 aliphatic rings. The molecule has 3 aromatic rings. The average Bonchev–Trinajstić information content (AvgIpc) is 3.04. The first-order valence-corrected chi connectivity index (χ1v) is 9.21. The second kappa shape index (κ2) is 8.54. The van der Waals surface area contributed by atoms with Crippen molar-refractivity contribution >= 4 is 28.4 Å².